The molecule has 142 valence electrons. The Kier molecular flexibility index (Phi) is 4.99. The summed E-state index contributed by atoms with van der Waals surface area (Å²) in [4.78, 5) is 6.66. The summed E-state index contributed by atoms with van der Waals surface area (Å²) < 4.78 is 5.38. The number of anilines is 2. The molecule has 0 saturated carbocycles. The Bertz CT molecular complexity index is 688. The maximum atomic E-state index is 12.7. The van der Waals surface area contributed by atoms with Crippen molar-refractivity contribution in [2.75, 3.05) is 43.5 Å². The van der Waals surface area contributed by atoms with Gasteiger partial charge in [0.25, 0.3) is 0 Å². The average molecular weight is 359 g/mol. The number of aliphatic imine (C=N–C) groups is 1. The van der Waals surface area contributed by atoms with E-state index in [1.54, 1.807) is 7.11 Å². The van der Waals surface area contributed by atoms with Crippen LogP contribution >= 0.6 is 0 Å². The largest absolute Gasteiger partial charge is 0.752 e. The van der Waals surface area contributed by atoms with Crippen LogP contribution in [0.3, 0.4) is 0 Å². The van der Waals surface area contributed by atoms with Gasteiger partial charge in [0.1, 0.15) is 0 Å². The van der Waals surface area contributed by atoms with Crippen molar-refractivity contribution in [1.82, 2.24) is 10.3 Å². The van der Waals surface area contributed by atoms with Gasteiger partial charge >= 0.3 is 0 Å². The van der Waals surface area contributed by atoms with E-state index in [4.69, 9.17) is 4.74 Å². The maximum Gasteiger partial charge on any atom is 0.206 e. The second-order valence-electron chi connectivity index (χ2n) is 7.15. The Morgan fingerprint density at radius 1 is 1.15 bits per heavy atom. The molecule has 1 aliphatic carbocycles. The predicted molar refractivity (Wildman–Crippen MR) is 102 cm³/mol. The molecule has 2 aliphatic heterocycles. The summed E-state index contributed by atoms with van der Waals surface area (Å²) in [5.41, 5.74) is 5.67. The van der Waals surface area contributed by atoms with Gasteiger partial charge in [0.2, 0.25) is 5.96 Å². The number of piperidine rings is 1. The topological polar surface area (TPSA) is 89.5 Å². The number of fused-ring (bicyclic) bond motifs is 2. The van der Waals surface area contributed by atoms with Crippen LogP contribution in [0.15, 0.2) is 17.1 Å². The number of rotatable bonds is 4. The molecule has 1 saturated heterocycles. The number of aryl methyl sites for hydroxylation is 2. The van der Waals surface area contributed by atoms with Crippen LogP contribution in [0.1, 0.15) is 30.4 Å². The van der Waals surface area contributed by atoms with Crippen LogP contribution in [0.5, 0.6) is 0 Å². The fraction of sp³-hybridized carbons (Fsp3) is 0.611. The van der Waals surface area contributed by atoms with E-state index in [2.05, 4.69) is 15.3 Å². The molecule has 8 heteroatoms. The summed E-state index contributed by atoms with van der Waals surface area (Å²) in [6.45, 7) is 3.19. The van der Waals surface area contributed by atoms with Crippen molar-refractivity contribution in [3.63, 3.8) is 0 Å². The minimum absolute atomic E-state index is 0.0669. The predicted octanol–water partition coefficient (Wildman–Crippen LogP) is 1.77. The van der Waals surface area contributed by atoms with Crippen LogP contribution in [0.2, 0.25) is 0 Å². The standard InChI is InChI=1S/C18H25N5O3/c1-26-15-5-8-21(9-6-15)10-7-19-18-20-23(25)17-12-14-4-2-3-13(14)11-16(17)22(18)24/h11-12,15H,2-10H2,1H3,(H,19,20)/q-2. The third kappa shape index (κ3) is 3.37. The highest BCUT2D eigenvalue weighted by Crippen LogP contribution is 2.37. The molecule has 8 nitrogen and oxygen atoms in total. The lowest BCUT2D eigenvalue weighted by Gasteiger charge is -2.47. The molecule has 0 spiro atoms. The molecule has 0 aromatic heterocycles. The summed E-state index contributed by atoms with van der Waals surface area (Å²) in [5.74, 6) is 0.0669. The maximum absolute atomic E-state index is 12.7. The summed E-state index contributed by atoms with van der Waals surface area (Å²) in [5, 5.41) is 26.4. The quantitative estimate of drug-likeness (QED) is 0.876. The molecule has 1 fully saturated rings. The van der Waals surface area contributed by atoms with Crippen LogP contribution in [0, 0.1) is 10.4 Å². The molecule has 0 amide bonds. The number of hydrogen-bond acceptors (Lipinski definition) is 6. The number of ether oxygens (including phenoxy) is 1. The first-order chi connectivity index (χ1) is 12.7. The van der Waals surface area contributed by atoms with Crippen molar-refractivity contribution >= 4 is 17.3 Å². The molecule has 4 rings (SSSR count). The summed E-state index contributed by atoms with van der Waals surface area (Å²) in [6, 6.07) is 3.68. The smallest absolute Gasteiger partial charge is 0.206 e. The van der Waals surface area contributed by atoms with E-state index in [0.717, 1.165) is 56.8 Å². The van der Waals surface area contributed by atoms with Crippen LogP contribution in [-0.4, -0.2) is 50.3 Å². The molecule has 0 radical (unpaired) electrons. The van der Waals surface area contributed by atoms with Gasteiger partial charge in [-0.3, -0.25) is 10.4 Å². The zero-order chi connectivity index (χ0) is 18.1. The lowest BCUT2D eigenvalue weighted by Crippen LogP contribution is -2.51. The third-order valence-electron chi connectivity index (χ3n) is 5.57. The van der Waals surface area contributed by atoms with E-state index in [9.17, 15) is 10.4 Å². The van der Waals surface area contributed by atoms with Gasteiger partial charge in [-0.25, -0.2) is 0 Å². The minimum Gasteiger partial charge on any atom is -0.752 e. The molecule has 1 aromatic rings. The molecule has 2 heterocycles. The molecule has 1 N–H and O–H groups in total. The number of hydrogen-bond donors (Lipinski definition) is 1. The summed E-state index contributed by atoms with van der Waals surface area (Å²) >= 11 is 0. The SMILES string of the molecule is COC1CCN(CCN=C2NN([O-])c3cc4c(cc3N2[O-])CCC4)CC1. The number of methoxy groups -OCH3 is 1. The number of nitrogens with zero attached hydrogens (tertiary/aromatic N) is 4. The van der Waals surface area contributed by atoms with Crippen molar-refractivity contribution < 1.29 is 4.74 Å². The van der Waals surface area contributed by atoms with Crippen molar-refractivity contribution in [1.29, 1.82) is 0 Å². The second-order valence-corrected chi connectivity index (χ2v) is 7.15. The Morgan fingerprint density at radius 2 is 1.85 bits per heavy atom. The minimum atomic E-state index is 0.0669. The van der Waals surface area contributed by atoms with Gasteiger partial charge in [-0.05, 0) is 55.4 Å². The van der Waals surface area contributed by atoms with Gasteiger partial charge in [-0.15, -0.1) is 0 Å². The Hall–Kier alpha value is -1.87. The van der Waals surface area contributed by atoms with Gasteiger partial charge in [0.15, 0.2) is 0 Å². The number of hydrazine groups is 1. The fourth-order valence-corrected chi connectivity index (χ4v) is 4.00. The van der Waals surface area contributed by atoms with E-state index >= 15 is 0 Å². The van der Waals surface area contributed by atoms with Gasteiger partial charge in [-0.2, -0.15) is 0 Å². The van der Waals surface area contributed by atoms with Gasteiger partial charge < -0.3 is 30.3 Å². The number of guanidine groups is 1. The van der Waals surface area contributed by atoms with E-state index in [1.165, 1.54) is 11.1 Å². The van der Waals surface area contributed by atoms with Crippen LogP contribution in [-0.2, 0) is 17.6 Å². The van der Waals surface area contributed by atoms with Gasteiger partial charge in [0.05, 0.1) is 24.0 Å². The first-order valence-corrected chi connectivity index (χ1v) is 9.32. The van der Waals surface area contributed by atoms with E-state index < -0.39 is 0 Å². The van der Waals surface area contributed by atoms with Crippen molar-refractivity contribution in [3.8, 4) is 0 Å². The van der Waals surface area contributed by atoms with Crippen molar-refractivity contribution in [3.05, 3.63) is 33.7 Å². The first-order valence-electron chi connectivity index (χ1n) is 9.32. The number of likely N-dealkylation sites (tertiary alicyclic amines) is 1. The second kappa shape index (κ2) is 7.40. The summed E-state index contributed by atoms with van der Waals surface area (Å²) in [7, 11) is 1.76. The molecule has 0 atom stereocenters. The zero-order valence-electron chi connectivity index (χ0n) is 15.1. The van der Waals surface area contributed by atoms with E-state index in [0.29, 0.717) is 29.2 Å². The number of hydroxylamine groups is 1. The molecule has 0 bridgehead atoms. The van der Waals surface area contributed by atoms with Crippen molar-refractivity contribution in [2.24, 2.45) is 4.99 Å². The Morgan fingerprint density at radius 3 is 2.54 bits per heavy atom. The lowest BCUT2D eigenvalue weighted by molar-refractivity contribution is 0.0421. The number of benzene rings is 1. The highest BCUT2D eigenvalue weighted by atomic mass is 16.6. The first kappa shape index (κ1) is 17.5. The van der Waals surface area contributed by atoms with Crippen molar-refractivity contribution in [2.45, 2.75) is 38.2 Å². The van der Waals surface area contributed by atoms with Crippen LogP contribution in [0.25, 0.3) is 0 Å². The van der Waals surface area contributed by atoms with Gasteiger partial charge in [-0.1, -0.05) is 0 Å². The monoisotopic (exact) mass is 359 g/mol. The number of nitrogens with one attached hydrogen (secondary N) is 1. The highest BCUT2D eigenvalue weighted by molar-refractivity contribution is 6.04. The third-order valence-corrected chi connectivity index (χ3v) is 5.57. The molecule has 1 aromatic carbocycles. The summed E-state index contributed by atoms with van der Waals surface area (Å²) in [6.07, 6.45) is 5.40. The highest BCUT2D eigenvalue weighted by Gasteiger charge is 2.22. The normalized spacial score (nSPS) is 22.5. The van der Waals surface area contributed by atoms with E-state index in [-0.39, 0.29) is 5.96 Å². The Balaban J connectivity index is 1.41. The molecule has 0 unspecified atom stereocenters. The van der Waals surface area contributed by atoms with E-state index in [1.807, 2.05) is 12.1 Å². The molecule has 26 heavy (non-hydrogen) atoms. The zero-order valence-corrected chi connectivity index (χ0v) is 15.1. The molecular weight excluding hydrogens is 334 g/mol. The molecule has 3 aliphatic rings. The lowest BCUT2D eigenvalue weighted by atomic mass is 10.1. The molecular formula is C18H25N5O3-2. The average Bonchev–Trinajstić information content (AvgIpc) is 3.12. The van der Waals surface area contributed by atoms with Crippen LogP contribution < -0.4 is 15.7 Å². The van der Waals surface area contributed by atoms with Crippen LogP contribution in [0.4, 0.5) is 11.4 Å². The Labute approximate surface area is 153 Å². The van der Waals surface area contributed by atoms with Gasteiger partial charge in [0, 0.05) is 26.7 Å². The fourth-order valence-electron chi connectivity index (χ4n) is 4.00.